The van der Waals surface area contributed by atoms with Gasteiger partial charge in [0, 0.05) is 19.1 Å². The molecule has 1 atom stereocenters. The molecule has 1 saturated heterocycles. The van der Waals surface area contributed by atoms with Crippen LogP contribution in [0.25, 0.3) is 0 Å². The summed E-state index contributed by atoms with van der Waals surface area (Å²) in [5.41, 5.74) is 6.52. The van der Waals surface area contributed by atoms with Crippen LogP contribution < -0.4 is 5.73 Å². The zero-order chi connectivity index (χ0) is 10.1. The first-order valence-corrected chi connectivity index (χ1v) is 4.52. The van der Waals surface area contributed by atoms with Crippen molar-refractivity contribution in [2.75, 3.05) is 13.1 Å². The highest BCUT2D eigenvalue weighted by atomic mass is 35.5. The Labute approximate surface area is 93.2 Å². The number of halogens is 1. The standard InChI is InChI=1S/C8H12N4O2.ClH/c1-5-7(11-14-10-5)8(13)12-3-2-6(9)4-12;/h6H,2-4,9H2,1H3;1H/t6-;/m0./s1. The number of aryl methyl sites for hydroxylation is 1. The Morgan fingerprint density at radius 2 is 2.33 bits per heavy atom. The molecule has 0 radical (unpaired) electrons. The summed E-state index contributed by atoms with van der Waals surface area (Å²) in [6.07, 6.45) is 0.843. The second kappa shape index (κ2) is 4.59. The number of amides is 1. The van der Waals surface area contributed by atoms with Crippen LogP contribution in [0.2, 0.25) is 0 Å². The minimum atomic E-state index is -0.142. The fourth-order valence-corrected chi connectivity index (χ4v) is 1.55. The maximum Gasteiger partial charge on any atom is 0.278 e. The minimum absolute atomic E-state index is 0. The number of nitrogens with zero attached hydrogens (tertiary/aromatic N) is 3. The smallest absolute Gasteiger partial charge is 0.278 e. The number of likely N-dealkylation sites (tertiary alicyclic amines) is 1. The predicted molar refractivity (Wildman–Crippen MR) is 54.8 cm³/mol. The minimum Gasteiger partial charge on any atom is -0.336 e. The lowest BCUT2D eigenvalue weighted by molar-refractivity contribution is 0.0779. The summed E-state index contributed by atoms with van der Waals surface area (Å²) in [6, 6.07) is 0.0825. The van der Waals surface area contributed by atoms with Crippen LogP contribution in [0, 0.1) is 6.92 Å². The Balaban J connectivity index is 0.00000112. The van der Waals surface area contributed by atoms with Gasteiger partial charge in [0.2, 0.25) is 0 Å². The molecule has 1 aromatic heterocycles. The highest BCUT2D eigenvalue weighted by Crippen LogP contribution is 2.12. The molecule has 0 bridgehead atoms. The lowest BCUT2D eigenvalue weighted by atomic mass is 10.3. The maximum absolute atomic E-state index is 11.8. The van der Waals surface area contributed by atoms with Gasteiger partial charge in [-0.05, 0) is 18.5 Å². The van der Waals surface area contributed by atoms with Crippen molar-refractivity contribution >= 4 is 18.3 Å². The second-order valence-electron chi connectivity index (χ2n) is 3.50. The van der Waals surface area contributed by atoms with Gasteiger partial charge in [-0.25, -0.2) is 4.63 Å². The lowest BCUT2D eigenvalue weighted by Crippen LogP contribution is -2.32. The van der Waals surface area contributed by atoms with Gasteiger partial charge < -0.3 is 10.6 Å². The van der Waals surface area contributed by atoms with Crippen LogP contribution in [0.3, 0.4) is 0 Å². The average molecular weight is 233 g/mol. The third kappa shape index (κ3) is 2.27. The molecule has 0 aliphatic carbocycles. The van der Waals surface area contributed by atoms with Crippen molar-refractivity contribution < 1.29 is 9.42 Å². The zero-order valence-electron chi connectivity index (χ0n) is 8.34. The van der Waals surface area contributed by atoms with Crippen molar-refractivity contribution in [3.05, 3.63) is 11.4 Å². The topological polar surface area (TPSA) is 85.2 Å². The van der Waals surface area contributed by atoms with Crippen LogP contribution in [-0.4, -0.2) is 40.3 Å². The highest BCUT2D eigenvalue weighted by Gasteiger charge is 2.27. The summed E-state index contributed by atoms with van der Waals surface area (Å²) < 4.78 is 4.47. The van der Waals surface area contributed by atoms with Crippen molar-refractivity contribution in [3.8, 4) is 0 Å². The summed E-state index contributed by atoms with van der Waals surface area (Å²) in [4.78, 5) is 13.5. The molecule has 15 heavy (non-hydrogen) atoms. The zero-order valence-corrected chi connectivity index (χ0v) is 9.16. The van der Waals surface area contributed by atoms with Crippen molar-refractivity contribution in [3.63, 3.8) is 0 Å². The third-order valence-electron chi connectivity index (χ3n) is 2.37. The summed E-state index contributed by atoms with van der Waals surface area (Å²) in [6.45, 7) is 2.97. The van der Waals surface area contributed by atoms with Gasteiger partial charge in [-0.2, -0.15) is 0 Å². The molecular formula is C8H13ClN4O2. The molecule has 6 nitrogen and oxygen atoms in total. The molecule has 1 amide bonds. The van der Waals surface area contributed by atoms with Gasteiger partial charge in [-0.3, -0.25) is 4.79 Å². The molecule has 7 heteroatoms. The Morgan fingerprint density at radius 3 is 2.80 bits per heavy atom. The van der Waals surface area contributed by atoms with Crippen molar-refractivity contribution in [1.82, 2.24) is 15.2 Å². The summed E-state index contributed by atoms with van der Waals surface area (Å²) in [7, 11) is 0. The third-order valence-corrected chi connectivity index (χ3v) is 2.37. The highest BCUT2D eigenvalue weighted by molar-refractivity contribution is 5.93. The number of aromatic nitrogens is 2. The van der Waals surface area contributed by atoms with Crippen molar-refractivity contribution in [2.45, 2.75) is 19.4 Å². The van der Waals surface area contributed by atoms with Gasteiger partial charge in [-0.1, -0.05) is 5.16 Å². The van der Waals surface area contributed by atoms with E-state index in [0.717, 1.165) is 6.42 Å². The molecule has 2 heterocycles. The molecule has 1 aliphatic heterocycles. The summed E-state index contributed by atoms with van der Waals surface area (Å²) in [5.74, 6) is -0.142. The molecule has 84 valence electrons. The van der Waals surface area contributed by atoms with E-state index < -0.39 is 0 Å². The van der Waals surface area contributed by atoms with Crippen LogP contribution in [0.4, 0.5) is 0 Å². The molecule has 2 N–H and O–H groups in total. The Hall–Kier alpha value is -1.14. The first-order valence-electron chi connectivity index (χ1n) is 4.52. The lowest BCUT2D eigenvalue weighted by Gasteiger charge is -2.13. The quantitative estimate of drug-likeness (QED) is 0.735. The van der Waals surface area contributed by atoms with Crippen LogP contribution in [0.1, 0.15) is 22.6 Å². The van der Waals surface area contributed by atoms with Gasteiger partial charge in [0.05, 0.1) is 0 Å². The molecule has 1 fully saturated rings. The first kappa shape index (κ1) is 11.9. The van der Waals surface area contributed by atoms with Crippen LogP contribution in [0.5, 0.6) is 0 Å². The Kier molecular flexibility index (Phi) is 3.65. The number of hydrogen-bond donors (Lipinski definition) is 1. The molecule has 1 aromatic rings. The molecule has 0 unspecified atom stereocenters. The number of nitrogens with two attached hydrogens (primary N) is 1. The van der Waals surface area contributed by atoms with Crippen molar-refractivity contribution in [1.29, 1.82) is 0 Å². The predicted octanol–water partition coefficient (Wildman–Crippen LogP) is -0.0270. The van der Waals surface area contributed by atoms with Gasteiger partial charge >= 0.3 is 0 Å². The van der Waals surface area contributed by atoms with E-state index in [4.69, 9.17) is 5.73 Å². The van der Waals surface area contributed by atoms with Gasteiger partial charge in [0.1, 0.15) is 5.69 Å². The van der Waals surface area contributed by atoms with Gasteiger partial charge in [0.25, 0.3) is 5.91 Å². The van der Waals surface area contributed by atoms with E-state index in [2.05, 4.69) is 14.9 Å². The van der Waals surface area contributed by atoms with Gasteiger partial charge in [0.15, 0.2) is 5.69 Å². The summed E-state index contributed by atoms with van der Waals surface area (Å²) in [5, 5.41) is 7.13. The molecule has 2 rings (SSSR count). The largest absolute Gasteiger partial charge is 0.336 e. The van der Waals surface area contributed by atoms with E-state index in [-0.39, 0.29) is 24.4 Å². The number of hydrogen-bond acceptors (Lipinski definition) is 5. The fraction of sp³-hybridized carbons (Fsp3) is 0.625. The summed E-state index contributed by atoms with van der Waals surface area (Å²) >= 11 is 0. The van der Waals surface area contributed by atoms with E-state index in [0.29, 0.717) is 24.5 Å². The normalized spacial score (nSPS) is 20.1. The number of rotatable bonds is 1. The Bertz CT molecular complexity index is 354. The number of carbonyl (C=O) groups is 1. The number of carbonyl (C=O) groups excluding carboxylic acids is 1. The monoisotopic (exact) mass is 232 g/mol. The second-order valence-corrected chi connectivity index (χ2v) is 3.50. The molecular weight excluding hydrogens is 220 g/mol. The van der Waals surface area contributed by atoms with Crippen LogP contribution >= 0.6 is 12.4 Å². The average Bonchev–Trinajstić information content (AvgIpc) is 2.73. The van der Waals surface area contributed by atoms with Crippen molar-refractivity contribution in [2.24, 2.45) is 5.73 Å². The maximum atomic E-state index is 11.8. The SMILES string of the molecule is Cc1nonc1C(=O)N1CC[C@H](N)C1.Cl. The van der Waals surface area contributed by atoms with Crippen LogP contribution in [0.15, 0.2) is 4.63 Å². The van der Waals surface area contributed by atoms with E-state index in [9.17, 15) is 4.79 Å². The molecule has 0 spiro atoms. The van der Waals surface area contributed by atoms with E-state index in [1.54, 1.807) is 11.8 Å². The first-order chi connectivity index (χ1) is 6.68. The Morgan fingerprint density at radius 1 is 1.60 bits per heavy atom. The molecule has 1 aliphatic rings. The fourth-order valence-electron chi connectivity index (χ4n) is 1.55. The van der Waals surface area contributed by atoms with Gasteiger partial charge in [-0.15, -0.1) is 12.4 Å². The molecule has 0 aromatic carbocycles. The molecule has 0 saturated carbocycles. The van der Waals surface area contributed by atoms with E-state index >= 15 is 0 Å². The van der Waals surface area contributed by atoms with E-state index in [1.165, 1.54) is 0 Å². The van der Waals surface area contributed by atoms with E-state index in [1.807, 2.05) is 0 Å². The van der Waals surface area contributed by atoms with Crippen LogP contribution in [-0.2, 0) is 0 Å².